The van der Waals surface area contributed by atoms with E-state index >= 15 is 0 Å². The normalized spacial score (nSPS) is 13.5. The molecule has 1 amide bonds. The zero-order valence-corrected chi connectivity index (χ0v) is 22.5. The van der Waals surface area contributed by atoms with E-state index in [0.29, 0.717) is 52.2 Å². The smallest absolute Gasteiger partial charge is 0.419 e. The molecule has 0 saturated heterocycles. The monoisotopic (exact) mass is 578 g/mol. The van der Waals surface area contributed by atoms with Crippen LogP contribution in [-0.4, -0.2) is 32.0 Å². The van der Waals surface area contributed by atoms with Crippen molar-refractivity contribution < 1.29 is 36.6 Å². The first-order valence-electron chi connectivity index (χ1n) is 12.5. The van der Waals surface area contributed by atoms with Crippen molar-refractivity contribution in [1.29, 1.82) is 0 Å². The first-order chi connectivity index (χ1) is 19.0. The summed E-state index contributed by atoms with van der Waals surface area (Å²) in [5, 5.41) is 3.60. The number of carbonyl (C=O) groups excluding carboxylic acids is 2. The Kier molecular flexibility index (Phi) is 8.88. The highest BCUT2D eigenvalue weighted by Crippen LogP contribution is 2.39. The highest BCUT2D eigenvalue weighted by Gasteiger charge is 2.38. The van der Waals surface area contributed by atoms with Crippen molar-refractivity contribution in [3.05, 3.63) is 82.1 Å². The molecule has 3 aromatic carbocycles. The van der Waals surface area contributed by atoms with Gasteiger partial charge in [-0.2, -0.15) is 13.2 Å². The number of amides is 1. The fourth-order valence-electron chi connectivity index (χ4n) is 4.49. The van der Waals surface area contributed by atoms with Gasteiger partial charge in [-0.25, -0.2) is 4.39 Å². The van der Waals surface area contributed by atoms with E-state index in [4.69, 9.17) is 21.1 Å². The number of alkyl halides is 3. The number of ketones is 1. The molecule has 0 aromatic heterocycles. The number of halogens is 5. The third kappa shape index (κ3) is 6.85. The quantitative estimate of drug-likeness (QED) is 0.207. The molecule has 6 nitrogen and oxygen atoms in total. The SMILES string of the molecule is COc1cc(NC(C(=O)N2CCc3cc(F)c(C(F)(F)F)cc32)c2ccc(Cl)cc2)cc(OCCCC(C)=O)c1. The molecule has 11 heteroatoms. The summed E-state index contributed by atoms with van der Waals surface area (Å²) >= 11 is 6.05. The van der Waals surface area contributed by atoms with Gasteiger partial charge in [0.1, 0.15) is 29.1 Å². The fourth-order valence-corrected chi connectivity index (χ4v) is 4.61. The van der Waals surface area contributed by atoms with E-state index < -0.39 is 29.5 Å². The number of nitrogens with zero attached hydrogens (tertiary/aromatic N) is 1. The van der Waals surface area contributed by atoms with Gasteiger partial charge < -0.3 is 24.5 Å². The summed E-state index contributed by atoms with van der Waals surface area (Å²) in [7, 11) is 1.47. The standard InChI is InChI=1S/C29H27ClF4N2O4/c1-17(37)4-3-11-40-23-14-21(13-22(15-23)39-2)35-27(18-5-7-20(30)8-6-18)28(38)36-10-9-19-12-25(31)24(16-26(19)36)29(32,33)34/h5-8,12-16,27,35H,3-4,9-11H2,1-2H3. The molecule has 0 fully saturated rings. The molecule has 40 heavy (non-hydrogen) atoms. The largest absolute Gasteiger partial charge is 0.497 e. The molecule has 0 aliphatic carbocycles. The number of ether oxygens (including phenoxy) is 2. The van der Waals surface area contributed by atoms with Crippen LogP contribution in [0.25, 0.3) is 0 Å². The van der Waals surface area contributed by atoms with Crippen LogP contribution < -0.4 is 19.7 Å². The van der Waals surface area contributed by atoms with Gasteiger partial charge in [-0.15, -0.1) is 0 Å². The Balaban J connectivity index is 1.67. The van der Waals surface area contributed by atoms with Crippen molar-refractivity contribution in [1.82, 2.24) is 0 Å². The van der Waals surface area contributed by atoms with E-state index in [1.54, 1.807) is 42.5 Å². The molecule has 1 unspecified atom stereocenters. The Morgan fingerprint density at radius 2 is 1.77 bits per heavy atom. The Morgan fingerprint density at radius 1 is 1.07 bits per heavy atom. The van der Waals surface area contributed by atoms with Crippen molar-refractivity contribution in [2.45, 2.75) is 38.4 Å². The highest BCUT2D eigenvalue weighted by atomic mass is 35.5. The highest BCUT2D eigenvalue weighted by molar-refractivity contribution is 6.30. The minimum absolute atomic E-state index is 0.0135. The number of Topliss-reactive ketones (excluding diaryl/α,β-unsaturated/α-hetero) is 1. The summed E-state index contributed by atoms with van der Waals surface area (Å²) in [5.41, 5.74) is -0.145. The van der Waals surface area contributed by atoms with Gasteiger partial charge in [0.25, 0.3) is 5.91 Å². The first-order valence-corrected chi connectivity index (χ1v) is 12.9. The average molecular weight is 579 g/mol. The van der Waals surface area contributed by atoms with Gasteiger partial charge in [0.2, 0.25) is 0 Å². The molecular weight excluding hydrogens is 552 g/mol. The maximum absolute atomic E-state index is 14.2. The Morgan fingerprint density at radius 3 is 2.42 bits per heavy atom. The first kappa shape index (κ1) is 29.2. The third-order valence-corrected chi connectivity index (χ3v) is 6.71. The minimum Gasteiger partial charge on any atom is -0.497 e. The van der Waals surface area contributed by atoms with Gasteiger partial charge in [0.05, 0.1) is 19.3 Å². The van der Waals surface area contributed by atoms with Crippen LogP contribution in [0, 0.1) is 5.82 Å². The number of carbonyl (C=O) groups is 2. The third-order valence-electron chi connectivity index (χ3n) is 6.45. The zero-order valence-electron chi connectivity index (χ0n) is 21.8. The van der Waals surface area contributed by atoms with Crippen molar-refractivity contribution in [3.8, 4) is 11.5 Å². The second kappa shape index (κ2) is 12.2. The number of benzene rings is 3. The Hall–Kier alpha value is -3.79. The maximum Gasteiger partial charge on any atom is 0.419 e. The molecular formula is C29H27ClF4N2O4. The lowest BCUT2D eigenvalue weighted by Crippen LogP contribution is -2.37. The topological polar surface area (TPSA) is 67.9 Å². The lowest BCUT2D eigenvalue weighted by molar-refractivity contribution is -0.140. The van der Waals surface area contributed by atoms with Gasteiger partial charge in [-0.3, -0.25) is 4.79 Å². The molecule has 4 rings (SSSR count). The number of methoxy groups -OCH3 is 1. The molecule has 212 valence electrons. The summed E-state index contributed by atoms with van der Waals surface area (Å²) in [4.78, 5) is 26.4. The van der Waals surface area contributed by atoms with Gasteiger partial charge >= 0.3 is 6.18 Å². The predicted molar refractivity (Wildman–Crippen MR) is 144 cm³/mol. The Labute approximate surface area is 233 Å². The fraction of sp³-hybridized carbons (Fsp3) is 0.310. The van der Waals surface area contributed by atoms with E-state index in [2.05, 4.69) is 5.32 Å². The van der Waals surface area contributed by atoms with Crippen molar-refractivity contribution in [3.63, 3.8) is 0 Å². The summed E-state index contributed by atoms with van der Waals surface area (Å²) in [5.74, 6) is -0.989. The average Bonchev–Trinajstić information content (AvgIpc) is 3.31. The lowest BCUT2D eigenvalue weighted by Gasteiger charge is -2.27. The second-order valence-electron chi connectivity index (χ2n) is 9.38. The van der Waals surface area contributed by atoms with E-state index in [1.165, 1.54) is 18.9 Å². The number of rotatable bonds is 10. The number of anilines is 2. The number of nitrogens with one attached hydrogen (secondary N) is 1. The van der Waals surface area contributed by atoms with Crippen LogP contribution in [0.4, 0.5) is 28.9 Å². The Bertz CT molecular complexity index is 1400. The summed E-state index contributed by atoms with van der Waals surface area (Å²) in [6.45, 7) is 1.87. The molecule has 1 aliphatic rings. The van der Waals surface area contributed by atoms with Crippen LogP contribution in [0.1, 0.15) is 42.5 Å². The molecule has 1 heterocycles. The summed E-state index contributed by atoms with van der Waals surface area (Å²) < 4.78 is 65.7. The van der Waals surface area contributed by atoms with Crippen LogP contribution in [0.5, 0.6) is 11.5 Å². The second-order valence-corrected chi connectivity index (χ2v) is 9.81. The molecule has 1 atom stereocenters. The van der Waals surface area contributed by atoms with Crippen molar-refractivity contribution in [2.24, 2.45) is 0 Å². The number of fused-ring (bicyclic) bond motifs is 1. The van der Waals surface area contributed by atoms with E-state index in [0.717, 1.165) is 6.07 Å². The van der Waals surface area contributed by atoms with E-state index in [1.807, 2.05) is 0 Å². The van der Waals surface area contributed by atoms with Gasteiger partial charge in [0, 0.05) is 47.6 Å². The molecule has 0 saturated carbocycles. The van der Waals surface area contributed by atoms with Crippen LogP contribution in [0.2, 0.25) is 5.02 Å². The van der Waals surface area contributed by atoms with Gasteiger partial charge in [-0.1, -0.05) is 23.7 Å². The van der Waals surface area contributed by atoms with Crippen molar-refractivity contribution in [2.75, 3.05) is 30.5 Å². The van der Waals surface area contributed by atoms with Gasteiger partial charge in [-0.05, 0) is 55.2 Å². The maximum atomic E-state index is 14.2. The predicted octanol–water partition coefficient (Wildman–Crippen LogP) is 7.00. The molecule has 3 aromatic rings. The van der Waals surface area contributed by atoms with Crippen molar-refractivity contribution >= 4 is 34.7 Å². The van der Waals surface area contributed by atoms with Gasteiger partial charge in [0.15, 0.2) is 0 Å². The molecule has 0 spiro atoms. The molecule has 1 aliphatic heterocycles. The zero-order chi connectivity index (χ0) is 29.0. The molecule has 0 radical (unpaired) electrons. The molecule has 1 N–H and O–H groups in total. The van der Waals surface area contributed by atoms with Crippen LogP contribution in [0.15, 0.2) is 54.6 Å². The lowest BCUT2D eigenvalue weighted by atomic mass is 10.0. The molecule has 0 bridgehead atoms. The summed E-state index contributed by atoms with van der Waals surface area (Å²) in [6, 6.07) is 11.9. The number of hydrogen-bond donors (Lipinski definition) is 1. The van der Waals surface area contributed by atoms with Crippen LogP contribution >= 0.6 is 11.6 Å². The van der Waals surface area contributed by atoms with Crippen LogP contribution in [0.3, 0.4) is 0 Å². The van der Waals surface area contributed by atoms with Crippen LogP contribution in [-0.2, 0) is 22.2 Å². The minimum atomic E-state index is -4.91. The van der Waals surface area contributed by atoms with E-state index in [9.17, 15) is 27.2 Å². The number of hydrogen-bond acceptors (Lipinski definition) is 5. The summed E-state index contributed by atoms with van der Waals surface area (Å²) in [6.07, 6.45) is -3.80. The van der Waals surface area contributed by atoms with E-state index in [-0.39, 0.29) is 31.0 Å².